The van der Waals surface area contributed by atoms with Gasteiger partial charge in [-0.15, -0.1) is 0 Å². The molecule has 0 saturated heterocycles. The van der Waals surface area contributed by atoms with Gasteiger partial charge in [-0.05, 0) is 12.3 Å². The van der Waals surface area contributed by atoms with Crippen molar-refractivity contribution in [2.45, 2.75) is 34.7 Å². The summed E-state index contributed by atoms with van der Waals surface area (Å²) in [6, 6.07) is 0. The summed E-state index contributed by atoms with van der Waals surface area (Å²) in [4.78, 5) is 1.56. The molecule has 1 heterocycles. The summed E-state index contributed by atoms with van der Waals surface area (Å²) in [6.45, 7) is 4.17. The molecule has 0 N–H and O–H groups in total. The van der Waals surface area contributed by atoms with Crippen LogP contribution in [0.15, 0.2) is 5.10 Å². The van der Waals surface area contributed by atoms with E-state index in [2.05, 4.69) is 18.9 Å². The van der Waals surface area contributed by atoms with Crippen LogP contribution in [0.25, 0.3) is 0 Å². The van der Waals surface area contributed by atoms with Crippen molar-refractivity contribution >= 4 is 64.3 Å². The molecule has 1 atom stereocenters. The van der Waals surface area contributed by atoms with Crippen molar-refractivity contribution in [2.24, 2.45) is 11.0 Å². The highest BCUT2D eigenvalue weighted by molar-refractivity contribution is 6.75. The zero-order valence-corrected chi connectivity index (χ0v) is 13.5. The third-order valence-electron chi connectivity index (χ3n) is 2.46. The lowest BCUT2D eigenvalue weighted by atomic mass is 10.1. The highest BCUT2D eigenvalue weighted by atomic mass is 35.6. The molecular weight excluding hydrogens is 327 g/mol. The Hall–Kier alpha value is 0.720. The average molecular weight is 341 g/mol. The smallest absolute Gasteiger partial charge is 0.241 e. The van der Waals surface area contributed by atoms with Crippen molar-refractivity contribution < 1.29 is 0 Å². The van der Waals surface area contributed by atoms with E-state index in [1.165, 1.54) is 6.34 Å². The molecule has 0 aromatic heterocycles. The number of rotatable bonds is 3. The number of nitrogens with zero attached hydrogens (tertiary/aromatic N) is 3. The summed E-state index contributed by atoms with van der Waals surface area (Å²) in [5.41, 5.74) is 0. The minimum Gasteiger partial charge on any atom is -0.304 e. The molecule has 1 rings (SSSR count). The summed E-state index contributed by atoms with van der Waals surface area (Å²) in [5, 5.41) is 5.87. The van der Waals surface area contributed by atoms with Gasteiger partial charge in [0.05, 0.1) is 0 Å². The molecule has 0 bridgehead atoms. The van der Waals surface area contributed by atoms with Crippen LogP contribution in [0, 0.1) is 5.92 Å². The second-order valence-corrected chi connectivity index (χ2v) is 7.93. The molecule has 8 heteroatoms. The monoisotopic (exact) mass is 339 g/mol. The topological polar surface area (TPSA) is 18.8 Å². The predicted octanol–water partition coefficient (Wildman–Crippen LogP) is 4.05. The number of alkyl halides is 5. The summed E-state index contributed by atoms with van der Waals surface area (Å²) in [6.07, 6.45) is 2.17. The number of hydrazone groups is 1. The van der Waals surface area contributed by atoms with Crippen LogP contribution < -0.4 is 0 Å². The molecule has 1 aliphatic heterocycles. The largest absolute Gasteiger partial charge is 0.304 e. The quantitative estimate of drug-likeness (QED) is 0.570. The van der Waals surface area contributed by atoms with E-state index >= 15 is 0 Å². The molecule has 0 aliphatic carbocycles. The minimum absolute atomic E-state index is 0.124. The molecule has 3 nitrogen and oxygen atoms in total. The first kappa shape index (κ1) is 15.8. The average Bonchev–Trinajstić information content (AvgIpc) is 2.45. The van der Waals surface area contributed by atoms with E-state index < -0.39 is 8.25 Å². The van der Waals surface area contributed by atoms with Crippen molar-refractivity contribution in [3.63, 3.8) is 0 Å². The fourth-order valence-corrected chi connectivity index (χ4v) is 2.17. The van der Waals surface area contributed by atoms with E-state index in [-0.39, 0.29) is 6.17 Å². The molecule has 0 spiro atoms. The zero-order valence-electron chi connectivity index (χ0n) is 9.67. The number of hydrogen-bond acceptors (Lipinski definition) is 3. The Balaban J connectivity index is 2.93. The van der Waals surface area contributed by atoms with Gasteiger partial charge in [0.25, 0.3) is 0 Å². The van der Waals surface area contributed by atoms with Crippen LogP contribution >= 0.6 is 58.0 Å². The molecule has 0 radical (unpaired) electrons. The van der Waals surface area contributed by atoms with Crippen molar-refractivity contribution in [3.8, 4) is 0 Å². The van der Waals surface area contributed by atoms with Crippen molar-refractivity contribution in [1.82, 2.24) is 9.91 Å². The first-order chi connectivity index (χ1) is 7.57. The van der Waals surface area contributed by atoms with Gasteiger partial charge in [0.2, 0.25) is 8.25 Å². The fourth-order valence-electron chi connectivity index (χ4n) is 1.56. The molecule has 17 heavy (non-hydrogen) atoms. The normalized spacial score (nSPS) is 21.8. The third-order valence-corrected chi connectivity index (χ3v) is 4.82. The molecule has 0 saturated carbocycles. The first-order valence-electron chi connectivity index (χ1n) is 5.07. The number of hydrogen-bond donors (Lipinski definition) is 0. The Morgan fingerprint density at radius 2 is 1.76 bits per heavy atom. The van der Waals surface area contributed by atoms with E-state index in [1.807, 2.05) is 7.05 Å². The van der Waals surface area contributed by atoms with E-state index in [9.17, 15) is 0 Å². The SMILES string of the molecule is CC(C)CC1N(C)N=CN1C(Cl)(Cl)C(Cl)(Cl)Cl. The summed E-state index contributed by atoms with van der Waals surface area (Å²) in [7, 11) is 1.83. The van der Waals surface area contributed by atoms with Gasteiger partial charge in [-0.1, -0.05) is 71.9 Å². The summed E-state index contributed by atoms with van der Waals surface area (Å²) in [5.74, 6) is 0.436. The molecule has 0 amide bonds. The van der Waals surface area contributed by atoms with Crippen LogP contribution in [0.2, 0.25) is 0 Å². The fraction of sp³-hybridized carbons (Fsp3) is 0.889. The maximum atomic E-state index is 6.14. The highest BCUT2D eigenvalue weighted by Gasteiger charge is 2.53. The van der Waals surface area contributed by atoms with Gasteiger partial charge < -0.3 is 4.90 Å². The molecule has 1 unspecified atom stereocenters. The Morgan fingerprint density at radius 3 is 2.18 bits per heavy atom. The molecule has 1 aliphatic rings. The maximum Gasteiger partial charge on any atom is 0.241 e. The zero-order chi connectivity index (χ0) is 13.4. The lowest BCUT2D eigenvalue weighted by molar-refractivity contribution is 0.117. The predicted molar refractivity (Wildman–Crippen MR) is 76.1 cm³/mol. The summed E-state index contributed by atoms with van der Waals surface area (Å²) >= 11 is 29.7. The van der Waals surface area contributed by atoms with E-state index in [0.29, 0.717) is 5.92 Å². The Kier molecular flexibility index (Phi) is 4.99. The molecular formula is C9H14Cl5N3. The molecule has 0 aromatic carbocycles. The van der Waals surface area contributed by atoms with Gasteiger partial charge in [0, 0.05) is 7.05 Å². The van der Waals surface area contributed by atoms with Crippen LogP contribution in [-0.2, 0) is 0 Å². The van der Waals surface area contributed by atoms with Gasteiger partial charge in [-0.2, -0.15) is 5.10 Å². The number of halogens is 5. The lowest BCUT2D eigenvalue weighted by Gasteiger charge is -2.40. The Labute approximate surface area is 127 Å². The first-order valence-corrected chi connectivity index (χ1v) is 6.96. The van der Waals surface area contributed by atoms with Crippen LogP contribution in [0.1, 0.15) is 20.3 Å². The van der Waals surface area contributed by atoms with Gasteiger partial charge in [0.15, 0.2) is 0 Å². The van der Waals surface area contributed by atoms with Gasteiger partial charge in [-0.3, -0.25) is 5.01 Å². The van der Waals surface area contributed by atoms with Crippen LogP contribution in [0.4, 0.5) is 0 Å². The van der Waals surface area contributed by atoms with Crippen molar-refractivity contribution in [3.05, 3.63) is 0 Å². The Bertz CT molecular complexity index is 299. The van der Waals surface area contributed by atoms with Crippen LogP contribution in [-0.4, -0.2) is 37.7 Å². The molecule has 0 aromatic rings. The second-order valence-electron chi connectivity index (χ2n) is 4.36. The van der Waals surface area contributed by atoms with E-state index in [4.69, 9.17) is 58.0 Å². The van der Waals surface area contributed by atoms with Gasteiger partial charge in [0.1, 0.15) is 12.5 Å². The standard InChI is InChI=1S/C9H14Cl5N3/c1-6(2)4-7-16(3)15-5-17(7)9(13,14)8(10,11)12/h5-7H,4H2,1-3H3. The van der Waals surface area contributed by atoms with E-state index in [1.54, 1.807) is 9.91 Å². The lowest BCUT2D eigenvalue weighted by Crippen LogP contribution is -2.54. The van der Waals surface area contributed by atoms with Gasteiger partial charge >= 0.3 is 0 Å². The molecule has 100 valence electrons. The van der Waals surface area contributed by atoms with Crippen LogP contribution in [0.3, 0.4) is 0 Å². The second kappa shape index (κ2) is 5.38. The maximum absolute atomic E-state index is 6.14. The minimum atomic E-state index is -1.83. The third kappa shape index (κ3) is 3.38. The van der Waals surface area contributed by atoms with E-state index in [0.717, 1.165) is 6.42 Å². The molecule has 0 fully saturated rings. The van der Waals surface area contributed by atoms with Crippen LogP contribution in [0.5, 0.6) is 0 Å². The van der Waals surface area contributed by atoms with Gasteiger partial charge in [-0.25, -0.2) is 0 Å². The van der Waals surface area contributed by atoms with Crippen molar-refractivity contribution in [1.29, 1.82) is 0 Å². The van der Waals surface area contributed by atoms with Crippen molar-refractivity contribution in [2.75, 3.05) is 7.05 Å². The highest BCUT2D eigenvalue weighted by Crippen LogP contribution is 2.49. The Morgan fingerprint density at radius 1 is 1.24 bits per heavy atom. The summed E-state index contributed by atoms with van der Waals surface area (Å²) < 4.78 is -3.49.